The Hall–Kier alpha value is -2.44. The standard InChI is InChI=1S/C17H26N4O3/c1-11(15(18)23)5-6-13(22)21-14(17(2,3)4)16(24)20-12-7-9-19-10-8-12/h7-11,14H,5-6H2,1-4H3,(H2,18,23)(H,21,22)(H,19,20,24)/t11?,14-/m1/s1. The second-order valence-electron chi connectivity index (χ2n) is 6.93. The van der Waals surface area contributed by atoms with E-state index in [9.17, 15) is 14.4 Å². The summed E-state index contributed by atoms with van der Waals surface area (Å²) in [5.74, 6) is -1.40. The topological polar surface area (TPSA) is 114 Å². The second kappa shape index (κ2) is 8.42. The Morgan fingerprint density at radius 1 is 1.21 bits per heavy atom. The highest BCUT2D eigenvalue weighted by molar-refractivity contribution is 5.97. The number of hydrogen-bond acceptors (Lipinski definition) is 4. The van der Waals surface area contributed by atoms with Gasteiger partial charge in [0.2, 0.25) is 17.7 Å². The van der Waals surface area contributed by atoms with Crippen LogP contribution in [-0.2, 0) is 14.4 Å². The van der Waals surface area contributed by atoms with Gasteiger partial charge in [0, 0.05) is 30.4 Å². The molecule has 7 nitrogen and oxygen atoms in total. The van der Waals surface area contributed by atoms with Crippen LogP contribution >= 0.6 is 0 Å². The van der Waals surface area contributed by atoms with E-state index in [1.54, 1.807) is 31.5 Å². The number of anilines is 1. The molecule has 3 amide bonds. The number of nitrogens with one attached hydrogen (secondary N) is 2. The highest BCUT2D eigenvalue weighted by Gasteiger charge is 2.32. The zero-order chi connectivity index (χ0) is 18.3. The lowest BCUT2D eigenvalue weighted by Crippen LogP contribution is -2.51. The Morgan fingerprint density at radius 3 is 2.29 bits per heavy atom. The largest absolute Gasteiger partial charge is 0.369 e. The molecule has 0 fully saturated rings. The molecule has 0 radical (unpaired) electrons. The van der Waals surface area contributed by atoms with E-state index >= 15 is 0 Å². The lowest BCUT2D eigenvalue weighted by molar-refractivity contribution is -0.129. The fourth-order valence-electron chi connectivity index (χ4n) is 2.05. The maximum Gasteiger partial charge on any atom is 0.247 e. The summed E-state index contributed by atoms with van der Waals surface area (Å²) < 4.78 is 0. The molecule has 0 aliphatic carbocycles. The minimum Gasteiger partial charge on any atom is -0.369 e. The summed E-state index contributed by atoms with van der Waals surface area (Å²) in [7, 11) is 0. The first kappa shape index (κ1) is 19.6. The number of nitrogens with zero attached hydrogens (tertiary/aromatic N) is 1. The van der Waals surface area contributed by atoms with Crippen LogP contribution in [0.2, 0.25) is 0 Å². The average Bonchev–Trinajstić information content (AvgIpc) is 2.49. The van der Waals surface area contributed by atoms with Crippen molar-refractivity contribution in [3.8, 4) is 0 Å². The highest BCUT2D eigenvalue weighted by Crippen LogP contribution is 2.21. The Morgan fingerprint density at radius 2 is 1.79 bits per heavy atom. The van der Waals surface area contributed by atoms with Crippen LogP contribution < -0.4 is 16.4 Å². The summed E-state index contributed by atoms with van der Waals surface area (Å²) in [4.78, 5) is 39.6. The van der Waals surface area contributed by atoms with Gasteiger partial charge in [-0.3, -0.25) is 19.4 Å². The van der Waals surface area contributed by atoms with Crippen LogP contribution in [0.15, 0.2) is 24.5 Å². The molecule has 24 heavy (non-hydrogen) atoms. The van der Waals surface area contributed by atoms with Gasteiger partial charge in [0.15, 0.2) is 0 Å². The molecule has 1 aromatic rings. The molecule has 1 aromatic heterocycles. The van der Waals surface area contributed by atoms with Crippen LogP contribution in [0, 0.1) is 11.3 Å². The molecule has 0 aliphatic heterocycles. The van der Waals surface area contributed by atoms with Gasteiger partial charge in [0.25, 0.3) is 0 Å². The molecule has 1 rings (SSSR count). The van der Waals surface area contributed by atoms with Crippen LogP contribution in [0.5, 0.6) is 0 Å². The van der Waals surface area contributed by atoms with E-state index in [1.165, 1.54) is 0 Å². The van der Waals surface area contributed by atoms with Gasteiger partial charge < -0.3 is 16.4 Å². The fourth-order valence-corrected chi connectivity index (χ4v) is 2.05. The molecular weight excluding hydrogens is 308 g/mol. The zero-order valence-corrected chi connectivity index (χ0v) is 14.6. The Bertz CT molecular complexity index is 581. The van der Waals surface area contributed by atoms with Gasteiger partial charge in [-0.15, -0.1) is 0 Å². The molecule has 1 heterocycles. The molecule has 0 bridgehead atoms. The third kappa shape index (κ3) is 6.36. The smallest absolute Gasteiger partial charge is 0.247 e. The number of aromatic nitrogens is 1. The molecule has 0 aliphatic rings. The fraction of sp³-hybridized carbons (Fsp3) is 0.529. The van der Waals surface area contributed by atoms with Gasteiger partial charge in [-0.05, 0) is 24.0 Å². The van der Waals surface area contributed by atoms with Crippen LogP contribution in [0.4, 0.5) is 5.69 Å². The summed E-state index contributed by atoms with van der Waals surface area (Å²) in [6.45, 7) is 7.29. The van der Waals surface area contributed by atoms with E-state index in [0.717, 1.165) is 0 Å². The minimum atomic E-state index is -0.706. The van der Waals surface area contributed by atoms with Crippen LogP contribution in [0.25, 0.3) is 0 Å². The van der Waals surface area contributed by atoms with E-state index in [2.05, 4.69) is 15.6 Å². The number of primary amides is 1. The van der Waals surface area contributed by atoms with Crippen molar-refractivity contribution in [2.75, 3.05) is 5.32 Å². The van der Waals surface area contributed by atoms with Crippen molar-refractivity contribution in [3.05, 3.63) is 24.5 Å². The summed E-state index contributed by atoms with van der Waals surface area (Å²) in [6.07, 6.45) is 3.64. The summed E-state index contributed by atoms with van der Waals surface area (Å²) in [5.41, 5.74) is 5.33. The molecule has 2 atom stereocenters. The molecule has 0 saturated heterocycles. The summed E-state index contributed by atoms with van der Waals surface area (Å²) >= 11 is 0. The van der Waals surface area contributed by atoms with E-state index in [4.69, 9.17) is 5.73 Å². The van der Waals surface area contributed by atoms with Gasteiger partial charge >= 0.3 is 0 Å². The maximum absolute atomic E-state index is 12.5. The maximum atomic E-state index is 12.5. The van der Waals surface area contributed by atoms with Crippen LogP contribution in [-0.4, -0.2) is 28.7 Å². The van der Waals surface area contributed by atoms with Crippen molar-refractivity contribution in [2.45, 2.75) is 46.6 Å². The number of carbonyl (C=O) groups is 3. The van der Waals surface area contributed by atoms with Gasteiger partial charge in [0.1, 0.15) is 6.04 Å². The first-order valence-corrected chi connectivity index (χ1v) is 7.91. The number of amides is 3. The van der Waals surface area contributed by atoms with Gasteiger partial charge in [0.05, 0.1) is 0 Å². The number of nitrogens with two attached hydrogens (primary N) is 1. The van der Waals surface area contributed by atoms with Crippen molar-refractivity contribution in [3.63, 3.8) is 0 Å². The lowest BCUT2D eigenvalue weighted by Gasteiger charge is -2.30. The molecule has 7 heteroatoms. The zero-order valence-electron chi connectivity index (χ0n) is 14.6. The van der Waals surface area contributed by atoms with Gasteiger partial charge in [-0.2, -0.15) is 0 Å². The monoisotopic (exact) mass is 334 g/mol. The minimum absolute atomic E-state index is 0.138. The molecule has 0 spiro atoms. The van der Waals surface area contributed by atoms with Crippen molar-refractivity contribution in [2.24, 2.45) is 17.1 Å². The number of pyridine rings is 1. The third-order valence-electron chi connectivity index (χ3n) is 3.67. The lowest BCUT2D eigenvalue weighted by atomic mass is 9.86. The average molecular weight is 334 g/mol. The van der Waals surface area contributed by atoms with Crippen molar-refractivity contribution in [1.29, 1.82) is 0 Å². The normalized spacial score (nSPS) is 13.7. The highest BCUT2D eigenvalue weighted by atomic mass is 16.2. The Labute approximate surface area is 142 Å². The van der Waals surface area contributed by atoms with Crippen molar-refractivity contribution in [1.82, 2.24) is 10.3 Å². The van der Waals surface area contributed by atoms with Gasteiger partial charge in [-0.1, -0.05) is 27.7 Å². The number of hydrogen-bond donors (Lipinski definition) is 3. The first-order valence-electron chi connectivity index (χ1n) is 7.91. The molecule has 132 valence electrons. The number of rotatable bonds is 7. The molecule has 0 saturated carbocycles. The number of carbonyl (C=O) groups excluding carboxylic acids is 3. The quantitative estimate of drug-likeness (QED) is 0.700. The van der Waals surface area contributed by atoms with Crippen molar-refractivity contribution < 1.29 is 14.4 Å². The molecule has 0 aromatic carbocycles. The predicted molar refractivity (Wildman–Crippen MR) is 91.8 cm³/mol. The van der Waals surface area contributed by atoms with E-state index in [-0.39, 0.29) is 24.2 Å². The first-order chi connectivity index (χ1) is 11.1. The van der Waals surface area contributed by atoms with Gasteiger partial charge in [-0.25, -0.2) is 0 Å². The van der Waals surface area contributed by atoms with E-state index in [1.807, 2.05) is 20.8 Å². The van der Waals surface area contributed by atoms with E-state index < -0.39 is 17.4 Å². The van der Waals surface area contributed by atoms with Crippen LogP contribution in [0.1, 0.15) is 40.5 Å². The summed E-state index contributed by atoms with van der Waals surface area (Å²) in [5, 5.41) is 5.52. The Balaban J connectivity index is 2.70. The molecular formula is C17H26N4O3. The molecule has 1 unspecified atom stereocenters. The summed E-state index contributed by atoms with van der Waals surface area (Å²) in [6, 6.07) is 2.64. The predicted octanol–water partition coefficient (Wildman–Crippen LogP) is 1.45. The third-order valence-corrected chi connectivity index (χ3v) is 3.67. The molecule has 4 N–H and O–H groups in total. The SMILES string of the molecule is CC(CCC(=O)N[C@H](C(=O)Nc1ccncc1)C(C)(C)C)C(N)=O. The van der Waals surface area contributed by atoms with Crippen molar-refractivity contribution >= 4 is 23.4 Å². The Kier molecular flexibility index (Phi) is 6.88. The second-order valence-corrected chi connectivity index (χ2v) is 6.93. The van der Waals surface area contributed by atoms with Crippen LogP contribution in [0.3, 0.4) is 0 Å². The van der Waals surface area contributed by atoms with E-state index in [0.29, 0.717) is 12.1 Å².